The minimum atomic E-state index is -0.927. The summed E-state index contributed by atoms with van der Waals surface area (Å²) in [5, 5.41) is 2.94. The first-order valence-electron chi connectivity index (χ1n) is 5.83. The molecular weight excluding hydrogens is 240 g/mol. The zero-order valence-corrected chi connectivity index (χ0v) is 11.4. The van der Waals surface area contributed by atoms with E-state index in [2.05, 4.69) is 10.1 Å². The zero-order chi connectivity index (χ0) is 14.0. The van der Waals surface area contributed by atoms with Gasteiger partial charge in [0.2, 0.25) is 6.29 Å². The van der Waals surface area contributed by atoms with Crippen molar-refractivity contribution >= 4 is 12.1 Å². The van der Waals surface area contributed by atoms with Crippen LogP contribution < -0.4 is 5.32 Å². The molecule has 1 atom stereocenters. The summed E-state index contributed by atoms with van der Waals surface area (Å²) < 4.78 is 14.4. The number of hydrogen-bond acceptors (Lipinski definition) is 6. The molecule has 7 heteroatoms. The Balaban J connectivity index is 4.06. The lowest BCUT2D eigenvalue weighted by Gasteiger charge is -2.22. The van der Waals surface area contributed by atoms with Crippen LogP contribution in [0.1, 0.15) is 13.8 Å². The Labute approximate surface area is 107 Å². The number of ether oxygens (including phenoxy) is 3. The van der Waals surface area contributed by atoms with Crippen LogP contribution in [0, 0.1) is 0 Å². The van der Waals surface area contributed by atoms with Gasteiger partial charge >= 0.3 is 12.1 Å². The second kappa shape index (κ2) is 9.67. The predicted molar refractivity (Wildman–Crippen MR) is 65.1 cm³/mol. The summed E-state index contributed by atoms with van der Waals surface area (Å²) in [6.45, 7) is 4.89. The molecule has 106 valence electrons. The van der Waals surface area contributed by atoms with Gasteiger partial charge in [-0.1, -0.05) is 0 Å². The van der Waals surface area contributed by atoms with Gasteiger partial charge in [-0.25, -0.2) is 9.59 Å². The van der Waals surface area contributed by atoms with Crippen LogP contribution in [-0.2, 0) is 19.0 Å². The van der Waals surface area contributed by atoms with Crippen molar-refractivity contribution < 1.29 is 23.8 Å². The molecular formula is C11H22N2O5. The number of carbonyl (C=O) groups excluding carboxylic acids is 2. The van der Waals surface area contributed by atoms with Gasteiger partial charge in [0.1, 0.15) is 6.61 Å². The number of esters is 1. The fourth-order valence-electron chi connectivity index (χ4n) is 1.20. The van der Waals surface area contributed by atoms with Crippen LogP contribution in [0.4, 0.5) is 4.79 Å². The summed E-state index contributed by atoms with van der Waals surface area (Å²) in [6, 6.07) is 0. The van der Waals surface area contributed by atoms with Gasteiger partial charge in [-0.2, -0.15) is 0 Å². The number of nitrogens with zero attached hydrogens (tertiary/aromatic N) is 1. The van der Waals surface area contributed by atoms with E-state index in [9.17, 15) is 9.59 Å². The Hall–Kier alpha value is -1.34. The molecule has 1 N–H and O–H groups in total. The zero-order valence-electron chi connectivity index (χ0n) is 11.4. The normalized spacial score (nSPS) is 11.8. The third-order valence-corrected chi connectivity index (χ3v) is 2.10. The highest BCUT2D eigenvalue weighted by Gasteiger charge is 2.18. The van der Waals surface area contributed by atoms with Crippen molar-refractivity contribution in [2.24, 2.45) is 0 Å². The van der Waals surface area contributed by atoms with Gasteiger partial charge in [0, 0.05) is 33.7 Å². The Morgan fingerprint density at radius 1 is 1.33 bits per heavy atom. The monoisotopic (exact) mass is 262 g/mol. The average molecular weight is 262 g/mol. The quantitative estimate of drug-likeness (QED) is 0.497. The lowest BCUT2D eigenvalue weighted by Crippen LogP contribution is -2.38. The maximum atomic E-state index is 11.7. The molecule has 0 spiro atoms. The van der Waals surface area contributed by atoms with Crippen LogP contribution in [0.5, 0.6) is 0 Å². The first-order chi connectivity index (χ1) is 8.54. The number of methoxy groups -OCH3 is 1. The number of hydrogen-bond donors (Lipinski definition) is 1. The largest absolute Gasteiger partial charge is 0.424 e. The molecule has 18 heavy (non-hydrogen) atoms. The molecule has 1 amide bonds. The van der Waals surface area contributed by atoms with E-state index in [0.717, 1.165) is 0 Å². The molecule has 0 saturated heterocycles. The van der Waals surface area contributed by atoms with Crippen molar-refractivity contribution in [1.29, 1.82) is 0 Å². The maximum Gasteiger partial charge on any atom is 0.412 e. The van der Waals surface area contributed by atoms with Gasteiger partial charge in [-0.15, -0.1) is 0 Å². The molecule has 0 heterocycles. The third kappa shape index (κ3) is 7.08. The van der Waals surface area contributed by atoms with E-state index in [1.807, 2.05) is 6.92 Å². The number of rotatable bonds is 8. The fraction of sp³-hybridized carbons (Fsp3) is 0.818. The first kappa shape index (κ1) is 16.7. The van der Waals surface area contributed by atoms with Crippen LogP contribution in [0.2, 0.25) is 0 Å². The molecule has 0 fully saturated rings. The van der Waals surface area contributed by atoms with E-state index in [-0.39, 0.29) is 6.61 Å². The summed E-state index contributed by atoms with van der Waals surface area (Å²) in [5.74, 6) is -0.573. The van der Waals surface area contributed by atoms with Crippen LogP contribution in [0.25, 0.3) is 0 Å². The Morgan fingerprint density at radius 3 is 2.50 bits per heavy atom. The third-order valence-electron chi connectivity index (χ3n) is 2.10. The minimum absolute atomic E-state index is 0.168. The average Bonchev–Trinajstić information content (AvgIpc) is 2.29. The summed E-state index contributed by atoms with van der Waals surface area (Å²) in [6.07, 6.45) is -1.44. The molecule has 0 radical (unpaired) electrons. The summed E-state index contributed by atoms with van der Waals surface area (Å²) in [4.78, 5) is 24.3. The molecule has 1 unspecified atom stereocenters. The van der Waals surface area contributed by atoms with Crippen LogP contribution >= 0.6 is 0 Å². The van der Waals surface area contributed by atoms with Crippen molar-refractivity contribution in [2.45, 2.75) is 20.1 Å². The van der Waals surface area contributed by atoms with Crippen molar-refractivity contribution in [1.82, 2.24) is 10.2 Å². The maximum absolute atomic E-state index is 11.7. The van der Waals surface area contributed by atoms with Gasteiger partial charge in [0.05, 0.1) is 0 Å². The first-order valence-corrected chi connectivity index (χ1v) is 5.83. The number of nitrogens with one attached hydrogen (secondary N) is 1. The van der Waals surface area contributed by atoms with Gasteiger partial charge in [0.15, 0.2) is 0 Å². The molecule has 0 aromatic heterocycles. The summed E-state index contributed by atoms with van der Waals surface area (Å²) >= 11 is 0. The lowest BCUT2D eigenvalue weighted by atomic mass is 10.5. The molecule has 0 aromatic carbocycles. The smallest absolute Gasteiger partial charge is 0.412 e. The Morgan fingerprint density at radius 2 is 2.00 bits per heavy atom. The highest BCUT2D eigenvalue weighted by atomic mass is 16.7. The Kier molecular flexibility index (Phi) is 8.95. The van der Waals surface area contributed by atoms with Crippen LogP contribution in [0.3, 0.4) is 0 Å². The fourth-order valence-corrected chi connectivity index (χ4v) is 1.20. The van der Waals surface area contributed by atoms with Gasteiger partial charge < -0.3 is 24.4 Å². The van der Waals surface area contributed by atoms with Crippen LogP contribution in [0.15, 0.2) is 0 Å². The molecule has 7 nitrogen and oxygen atoms in total. The molecule has 0 aliphatic rings. The van der Waals surface area contributed by atoms with E-state index < -0.39 is 18.4 Å². The second-order valence-electron chi connectivity index (χ2n) is 3.56. The Bertz CT molecular complexity index is 260. The molecule has 0 saturated carbocycles. The van der Waals surface area contributed by atoms with Crippen molar-refractivity contribution in [2.75, 3.05) is 40.4 Å². The standard InChI is InChI=1S/C11H22N2O5/c1-5-13(7-6-12-3)11(15)18-9(2)17-10(14)8-16-4/h9,12H,5-8H2,1-4H3. The second-order valence-corrected chi connectivity index (χ2v) is 3.56. The SMILES string of the molecule is CCN(CCNC)C(=O)OC(C)OC(=O)COC. The van der Waals surface area contributed by atoms with E-state index >= 15 is 0 Å². The van der Waals surface area contributed by atoms with E-state index in [0.29, 0.717) is 19.6 Å². The summed E-state index contributed by atoms with van der Waals surface area (Å²) in [5.41, 5.74) is 0. The highest BCUT2D eigenvalue weighted by Crippen LogP contribution is 2.00. The molecule has 0 bridgehead atoms. The molecule has 0 rings (SSSR count). The van der Waals surface area contributed by atoms with Gasteiger partial charge in [0.25, 0.3) is 0 Å². The summed E-state index contributed by atoms with van der Waals surface area (Å²) in [7, 11) is 3.18. The van der Waals surface area contributed by atoms with E-state index in [1.54, 1.807) is 7.05 Å². The number of likely N-dealkylation sites (N-methyl/N-ethyl adjacent to an activating group) is 2. The van der Waals surface area contributed by atoms with E-state index in [1.165, 1.54) is 18.9 Å². The van der Waals surface area contributed by atoms with Gasteiger partial charge in [-0.3, -0.25) is 0 Å². The van der Waals surface area contributed by atoms with Crippen molar-refractivity contribution in [3.05, 3.63) is 0 Å². The lowest BCUT2D eigenvalue weighted by molar-refractivity contribution is -0.170. The highest BCUT2D eigenvalue weighted by molar-refractivity contribution is 5.71. The molecule has 0 aliphatic carbocycles. The van der Waals surface area contributed by atoms with Crippen molar-refractivity contribution in [3.63, 3.8) is 0 Å². The van der Waals surface area contributed by atoms with Gasteiger partial charge in [-0.05, 0) is 14.0 Å². The topological polar surface area (TPSA) is 77.1 Å². The number of carbonyl (C=O) groups is 2. The van der Waals surface area contributed by atoms with Crippen molar-refractivity contribution in [3.8, 4) is 0 Å². The number of amides is 1. The predicted octanol–water partition coefficient (Wildman–Crippen LogP) is 0.200. The van der Waals surface area contributed by atoms with E-state index in [4.69, 9.17) is 9.47 Å². The molecule has 0 aliphatic heterocycles. The van der Waals surface area contributed by atoms with Crippen LogP contribution in [-0.4, -0.2) is 63.7 Å². The molecule has 0 aromatic rings. The minimum Gasteiger partial charge on any atom is -0.424 e.